The first-order valence-electron chi connectivity index (χ1n) is 8.22. The van der Waals surface area contributed by atoms with Gasteiger partial charge in [-0.1, -0.05) is 57.0 Å². The van der Waals surface area contributed by atoms with Gasteiger partial charge in [0.1, 0.15) is 0 Å². The Labute approximate surface area is 134 Å². The van der Waals surface area contributed by atoms with Gasteiger partial charge >= 0.3 is 0 Å². The molecule has 2 nitrogen and oxygen atoms in total. The van der Waals surface area contributed by atoms with E-state index in [1.807, 2.05) is 12.1 Å². The third-order valence-corrected chi connectivity index (χ3v) is 5.71. The predicted octanol–water partition coefficient (Wildman–Crippen LogP) is 4.33. The zero-order valence-corrected chi connectivity index (χ0v) is 14.6. The van der Waals surface area contributed by atoms with E-state index in [4.69, 9.17) is 11.6 Å². The van der Waals surface area contributed by atoms with Crippen molar-refractivity contribution in [3.8, 4) is 0 Å². The second-order valence-electron chi connectivity index (χ2n) is 6.70. The van der Waals surface area contributed by atoms with Gasteiger partial charge in [0.2, 0.25) is 0 Å². The average molecular weight is 309 g/mol. The summed E-state index contributed by atoms with van der Waals surface area (Å²) in [4.78, 5) is 2.63. The normalized spacial score (nSPS) is 28.5. The van der Waals surface area contributed by atoms with E-state index in [0.717, 1.165) is 31.1 Å². The van der Waals surface area contributed by atoms with Crippen LogP contribution in [0.3, 0.4) is 0 Å². The Morgan fingerprint density at radius 1 is 1.38 bits per heavy atom. The summed E-state index contributed by atoms with van der Waals surface area (Å²) in [6, 6.07) is 8.81. The van der Waals surface area contributed by atoms with Crippen molar-refractivity contribution < 1.29 is 0 Å². The van der Waals surface area contributed by atoms with Crippen molar-refractivity contribution in [1.82, 2.24) is 10.2 Å². The van der Waals surface area contributed by atoms with E-state index >= 15 is 0 Å². The molecule has 0 aromatic heterocycles. The maximum absolute atomic E-state index is 6.36. The molecule has 1 aromatic rings. The van der Waals surface area contributed by atoms with Gasteiger partial charge in [0.15, 0.2) is 0 Å². The summed E-state index contributed by atoms with van der Waals surface area (Å²) in [7, 11) is 0. The minimum Gasteiger partial charge on any atom is -0.311 e. The number of benzene rings is 1. The van der Waals surface area contributed by atoms with Crippen LogP contribution < -0.4 is 5.32 Å². The van der Waals surface area contributed by atoms with E-state index in [2.05, 4.69) is 50.0 Å². The summed E-state index contributed by atoms with van der Waals surface area (Å²) < 4.78 is 0. The fourth-order valence-corrected chi connectivity index (χ4v) is 3.28. The molecule has 1 aromatic carbocycles. The molecule has 1 saturated heterocycles. The molecule has 0 bridgehead atoms. The van der Waals surface area contributed by atoms with E-state index in [-0.39, 0.29) is 5.54 Å². The van der Waals surface area contributed by atoms with Gasteiger partial charge in [0.05, 0.1) is 0 Å². The largest absolute Gasteiger partial charge is 0.311 e. The summed E-state index contributed by atoms with van der Waals surface area (Å²) in [6.45, 7) is 12.4. The molecular weight excluding hydrogens is 280 g/mol. The maximum Gasteiger partial charge on any atom is 0.0451 e. The van der Waals surface area contributed by atoms with Crippen LogP contribution in [0, 0.1) is 5.92 Å². The molecule has 3 unspecified atom stereocenters. The van der Waals surface area contributed by atoms with Crippen LogP contribution in [0.4, 0.5) is 0 Å². The van der Waals surface area contributed by atoms with Gasteiger partial charge in [0.25, 0.3) is 0 Å². The number of halogens is 1. The van der Waals surface area contributed by atoms with E-state index in [1.54, 1.807) is 0 Å². The van der Waals surface area contributed by atoms with Crippen molar-refractivity contribution in [3.63, 3.8) is 0 Å². The fourth-order valence-electron chi connectivity index (χ4n) is 3.09. The van der Waals surface area contributed by atoms with Crippen LogP contribution in [0.5, 0.6) is 0 Å². The molecule has 0 amide bonds. The minimum absolute atomic E-state index is 0.211. The average Bonchev–Trinajstić information content (AvgIpc) is 2.50. The molecule has 0 spiro atoms. The Morgan fingerprint density at radius 2 is 2.10 bits per heavy atom. The zero-order valence-electron chi connectivity index (χ0n) is 13.8. The highest BCUT2D eigenvalue weighted by Gasteiger charge is 2.37. The molecule has 1 heterocycles. The van der Waals surface area contributed by atoms with Crippen molar-refractivity contribution in [1.29, 1.82) is 0 Å². The first kappa shape index (κ1) is 16.8. The zero-order chi connectivity index (χ0) is 15.5. The van der Waals surface area contributed by atoms with Crippen LogP contribution in [-0.2, 0) is 6.54 Å². The summed E-state index contributed by atoms with van der Waals surface area (Å²) in [6.07, 6.45) is 2.37. The van der Waals surface area contributed by atoms with Crippen LogP contribution >= 0.6 is 11.6 Å². The highest BCUT2D eigenvalue weighted by atomic mass is 35.5. The number of hydrogen-bond donors (Lipinski definition) is 1. The molecular formula is C18H29ClN2. The van der Waals surface area contributed by atoms with E-state index in [0.29, 0.717) is 12.0 Å². The molecule has 0 radical (unpaired) electrons. The highest BCUT2D eigenvalue weighted by Crippen LogP contribution is 2.29. The first-order valence-corrected chi connectivity index (χ1v) is 8.59. The smallest absolute Gasteiger partial charge is 0.0451 e. The molecule has 1 aliphatic rings. The molecule has 1 fully saturated rings. The maximum atomic E-state index is 6.36. The first-order chi connectivity index (χ1) is 10.00. The Kier molecular flexibility index (Phi) is 5.70. The van der Waals surface area contributed by atoms with E-state index < -0.39 is 0 Å². The molecule has 1 aliphatic heterocycles. The molecule has 3 heteroatoms. The number of nitrogens with one attached hydrogen (secondary N) is 1. The van der Waals surface area contributed by atoms with Crippen LogP contribution in [-0.4, -0.2) is 29.6 Å². The van der Waals surface area contributed by atoms with Gasteiger partial charge in [-0.05, 0) is 30.9 Å². The monoisotopic (exact) mass is 308 g/mol. The molecule has 0 aliphatic carbocycles. The second-order valence-corrected chi connectivity index (χ2v) is 7.10. The van der Waals surface area contributed by atoms with Crippen LogP contribution in [0.25, 0.3) is 0 Å². The lowest BCUT2D eigenvalue weighted by atomic mass is 9.87. The van der Waals surface area contributed by atoms with Crippen molar-refractivity contribution in [2.75, 3.05) is 13.1 Å². The van der Waals surface area contributed by atoms with Crippen LogP contribution in [0.1, 0.15) is 46.1 Å². The Balaban J connectivity index is 2.17. The lowest BCUT2D eigenvalue weighted by molar-refractivity contribution is 0.0294. The summed E-state index contributed by atoms with van der Waals surface area (Å²) in [5.41, 5.74) is 1.45. The van der Waals surface area contributed by atoms with Gasteiger partial charge in [0, 0.05) is 36.2 Å². The Bertz CT molecular complexity index is 462. The summed E-state index contributed by atoms with van der Waals surface area (Å²) >= 11 is 6.36. The van der Waals surface area contributed by atoms with Crippen molar-refractivity contribution in [3.05, 3.63) is 34.9 Å². The number of nitrogens with zero attached hydrogens (tertiary/aromatic N) is 1. The van der Waals surface area contributed by atoms with Gasteiger partial charge < -0.3 is 5.32 Å². The highest BCUT2D eigenvalue weighted by molar-refractivity contribution is 6.31. The predicted molar refractivity (Wildman–Crippen MR) is 91.8 cm³/mol. The standard InChI is InChI=1S/C18H29ClN2/c1-5-14(3)17-12-21(18(4,6-2)13-20-17)11-15-9-7-8-10-16(15)19/h7-10,14,17,20H,5-6,11-13H2,1-4H3. The van der Waals surface area contributed by atoms with Crippen molar-refractivity contribution in [2.45, 2.75) is 58.7 Å². The van der Waals surface area contributed by atoms with Crippen LogP contribution in [0.2, 0.25) is 5.02 Å². The molecule has 3 atom stereocenters. The number of rotatable bonds is 5. The Hall–Kier alpha value is -0.570. The topological polar surface area (TPSA) is 15.3 Å². The third kappa shape index (κ3) is 3.80. The molecule has 21 heavy (non-hydrogen) atoms. The fraction of sp³-hybridized carbons (Fsp3) is 0.667. The minimum atomic E-state index is 0.211. The quantitative estimate of drug-likeness (QED) is 0.871. The Morgan fingerprint density at radius 3 is 2.71 bits per heavy atom. The van der Waals surface area contributed by atoms with Gasteiger partial charge in [-0.25, -0.2) is 0 Å². The molecule has 2 rings (SSSR count). The number of hydrogen-bond acceptors (Lipinski definition) is 2. The molecule has 1 N–H and O–H groups in total. The van der Waals surface area contributed by atoms with Gasteiger partial charge in [-0.2, -0.15) is 0 Å². The SMILES string of the molecule is CCC(C)C1CN(Cc2ccccc2Cl)C(C)(CC)CN1. The van der Waals surface area contributed by atoms with Crippen LogP contribution in [0.15, 0.2) is 24.3 Å². The molecule has 0 saturated carbocycles. The summed E-state index contributed by atoms with van der Waals surface area (Å²) in [5, 5.41) is 4.65. The lowest BCUT2D eigenvalue weighted by Crippen LogP contribution is -2.63. The number of piperazine rings is 1. The second kappa shape index (κ2) is 7.13. The lowest BCUT2D eigenvalue weighted by Gasteiger charge is -2.49. The third-order valence-electron chi connectivity index (χ3n) is 5.34. The van der Waals surface area contributed by atoms with Gasteiger partial charge in [-0.15, -0.1) is 0 Å². The van der Waals surface area contributed by atoms with Crippen molar-refractivity contribution >= 4 is 11.6 Å². The van der Waals surface area contributed by atoms with E-state index in [9.17, 15) is 0 Å². The van der Waals surface area contributed by atoms with Crippen molar-refractivity contribution in [2.24, 2.45) is 5.92 Å². The van der Waals surface area contributed by atoms with E-state index in [1.165, 1.54) is 12.0 Å². The molecule has 118 valence electrons. The van der Waals surface area contributed by atoms with Gasteiger partial charge in [-0.3, -0.25) is 4.90 Å². The summed E-state index contributed by atoms with van der Waals surface area (Å²) in [5.74, 6) is 0.708.